The molecule has 0 aromatic carbocycles. The molecule has 2 heterocycles. The highest BCUT2D eigenvalue weighted by Gasteiger charge is 2.25. The van der Waals surface area contributed by atoms with Crippen molar-refractivity contribution in [2.75, 3.05) is 24.5 Å². The van der Waals surface area contributed by atoms with Gasteiger partial charge in [0, 0.05) is 31.5 Å². The van der Waals surface area contributed by atoms with Gasteiger partial charge in [-0.2, -0.15) is 0 Å². The normalized spacial score (nSPS) is 19.2. The van der Waals surface area contributed by atoms with E-state index in [-0.39, 0.29) is 5.69 Å². The van der Waals surface area contributed by atoms with Crippen molar-refractivity contribution in [1.29, 1.82) is 0 Å². The van der Waals surface area contributed by atoms with Crippen LogP contribution in [0.3, 0.4) is 0 Å². The smallest absolute Gasteiger partial charge is 0.271 e. The number of nitrogens with two attached hydrogens (primary N) is 1. The van der Waals surface area contributed by atoms with E-state index in [0.29, 0.717) is 11.9 Å². The number of anilines is 1. The number of likely N-dealkylation sites (N-methyl/N-ethyl adjacent to an activating group) is 1. The molecule has 6 heteroatoms. The van der Waals surface area contributed by atoms with Gasteiger partial charge in [0.1, 0.15) is 0 Å². The van der Waals surface area contributed by atoms with Gasteiger partial charge >= 0.3 is 0 Å². The second-order valence-corrected chi connectivity index (χ2v) is 4.03. The van der Waals surface area contributed by atoms with Gasteiger partial charge in [0.2, 0.25) is 0 Å². The fraction of sp³-hybridized carbons (Fsp3) is 0.545. The van der Waals surface area contributed by atoms with E-state index in [1.807, 2.05) is 6.92 Å². The largest absolute Gasteiger partial charge is 0.364 e. The Hall–Kier alpha value is -1.69. The zero-order valence-electron chi connectivity index (χ0n) is 9.89. The van der Waals surface area contributed by atoms with Gasteiger partial charge in [0.15, 0.2) is 11.5 Å². The molecule has 17 heavy (non-hydrogen) atoms. The summed E-state index contributed by atoms with van der Waals surface area (Å²) in [6.07, 6.45) is 4.12. The third-order valence-electron chi connectivity index (χ3n) is 3.00. The second-order valence-electron chi connectivity index (χ2n) is 4.03. The van der Waals surface area contributed by atoms with Crippen LogP contribution in [-0.4, -0.2) is 41.6 Å². The van der Waals surface area contributed by atoms with Crippen LogP contribution in [0.1, 0.15) is 23.8 Å². The SMILES string of the molecule is CCN(c1nccnc1C(N)=O)C1CCNC1. The molecular weight excluding hydrogens is 218 g/mol. The van der Waals surface area contributed by atoms with Crippen molar-refractivity contribution < 1.29 is 4.79 Å². The molecule has 0 bridgehead atoms. The molecule has 1 unspecified atom stereocenters. The van der Waals surface area contributed by atoms with E-state index >= 15 is 0 Å². The summed E-state index contributed by atoms with van der Waals surface area (Å²) >= 11 is 0. The molecule has 1 aliphatic rings. The molecule has 1 aromatic rings. The standard InChI is InChI=1S/C11H17N5O/c1-2-16(8-3-4-13-7-8)11-9(10(12)17)14-5-6-15-11/h5-6,8,13H,2-4,7H2,1H3,(H2,12,17). The summed E-state index contributed by atoms with van der Waals surface area (Å²) < 4.78 is 0. The van der Waals surface area contributed by atoms with Gasteiger partial charge in [0.05, 0.1) is 0 Å². The zero-order chi connectivity index (χ0) is 12.3. The van der Waals surface area contributed by atoms with E-state index < -0.39 is 5.91 Å². The van der Waals surface area contributed by atoms with E-state index in [1.165, 1.54) is 6.20 Å². The summed E-state index contributed by atoms with van der Waals surface area (Å²) in [5.41, 5.74) is 5.57. The van der Waals surface area contributed by atoms with Crippen molar-refractivity contribution in [2.24, 2.45) is 5.73 Å². The quantitative estimate of drug-likeness (QED) is 0.752. The first kappa shape index (κ1) is 11.8. The summed E-state index contributed by atoms with van der Waals surface area (Å²) in [5, 5.41) is 3.30. The monoisotopic (exact) mass is 235 g/mol. The van der Waals surface area contributed by atoms with Crippen LogP contribution in [0.4, 0.5) is 5.82 Å². The molecule has 1 atom stereocenters. The maximum atomic E-state index is 11.3. The second kappa shape index (κ2) is 5.09. The number of hydrogen-bond acceptors (Lipinski definition) is 5. The van der Waals surface area contributed by atoms with E-state index in [1.54, 1.807) is 6.20 Å². The van der Waals surface area contributed by atoms with E-state index in [4.69, 9.17) is 5.73 Å². The number of rotatable bonds is 4. The topological polar surface area (TPSA) is 84.1 Å². The Morgan fingerprint density at radius 2 is 2.35 bits per heavy atom. The predicted octanol–water partition coefficient (Wildman–Crippen LogP) is -0.236. The summed E-state index contributed by atoms with van der Waals surface area (Å²) in [5.74, 6) is 0.0636. The highest BCUT2D eigenvalue weighted by Crippen LogP contribution is 2.20. The Labute approximate surface area is 100 Å². The Morgan fingerprint density at radius 3 is 2.94 bits per heavy atom. The number of carbonyl (C=O) groups excluding carboxylic acids is 1. The molecule has 92 valence electrons. The van der Waals surface area contributed by atoms with Crippen molar-refractivity contribution in [3.05, 3.63) is 18.1 Å². The molecule has 2 rings (SSSR count). The lowest BCUT2D eigenvalue weighted by Gasteiger charge is -2.28. The molecule has 1 saturated heterocycles. The minimum Gasteiger partial charge on any atom is -0.364 e. The van der Waals surface area contributed by atoms with Crippen LogP contribution >= 0.6 is 0 Å². The fourth-order valence-electron chi connectivity index (χ4n) is 2.20. The van der Waals surface area contributed by atoms with Gasteiger partial charge in [-0.15, -0.1) is 0 Å². The maximum absolute atomic E-state index is 11.3. The van der Waals surface area contributed by atoms with Gasteiger partial charge in [-0.3, -0.25) is 4.79 Å². The van der Waals surface area contributed by atoms with E-state index in [0.717, 1.165) is 26.1 Å². The van der Waals surface area contributed by atoms with Gasteiger partial charge in [0.25, 0.3) is 5.91 Å². The molecule has 0 aliphatic carbocycles. The number of carbonyl (C=O) groups is 1. The number of primary amides is 1. The molecule has 3 N–H and O–H groups in total. The number of amides is 1. The number of hydrogen-bond donors (Lipinski definition) is 2. The first-order chi connectivity index (χ1) is 8.24. The summed E-state index contributed by atoms with van der Waals surface area (Å²) in [4.78, 5) is 21.7. The Morgan fingerprint density at radius 1 is 1.59 bits per heavy atom. The highest BCUT2D eigenvalue weighted by atomic mass is 16.1. The van der Waals surface area contributed by atoms with E-state index in [2.05, 4.69) is 20.2 Å². The Kier molecular flexibility index (Phi) is 3.53. The van der Waals surface area contributed by atoms with Crippen molar-refractivity contribution in [3.8, 4) is 0 Å². The molecule has 0 saturated carbocycles. The van der Waals surface area contributed by atoms with Crippen LogP contribution in [0, 0.1) is 0 Å². The van der Waals surface area contributed by atoms with Gasteiger partial charge < -0.3 is 16.0 Å². The molecular formula is C11H17N5O. The first-order valence-corrected chi connectivity index (χ1v) is 5.82. The summed E-state index contributed by atoms with van der Waals surface area (Å²) in [6, 6.07) is 0.356. The van der Waals surface area contributed by atoms with Crippen molar-refractivity contribution >= 4 is 11.7 Å². The fourth-order valence-corrected chi connectivity index (χ4v) is 2.20. The third kappa shape index (κ3) is 2.36. The molecule has 1 fully saturated rings. The molecule has 0 spiro atoms. The predicted molar refractivity (Wildman–Crippen MR) is 64.8 cm³/mol. The lowest BCUT2D eigenvalue weighted by atomic mass is 10.2. The van der Waals surface area contributed by atoms with Crippen molar-refractivity contribution in [1.82, 2.24) is 15.3 Å². The zero-order valence-corrected chi connectivity index (χ0v) is 9.89. The minimum absolute atomic E-state index is 0.251. The molecule has 1 aromatic heterocycles. The molecule has 1 aliphatic heterocycles. The maximum Gasteiger partial charge on any atom is 0.271 e. The number of aromatic nitrogens is 2. The number of nitrogens with one attached hydrogen (secondary N) is 1. The summed E-state index contributed by atoms with van der Waals surface area (Å²) in [7, 11) is 0. The third-order valence-corrected chi connectivity index (χ3v) is 3.00. The van der Waals surface area contributed by atoms with Crippen LogP contribution in [0.2, 0.25) is 0 Å². The molecule has 1 amide bonds. The first-order valence-electron chi connectivity index (χ1n) is 5.82. The van der Waals surface area contributed by atoms with E-state index in [9.17, 15) is 4.79 Å². The van der Waals surface area contributed by atoms with Crippen LogP contribution in [0.25, 0.3) is 0 Å². The summed E-state index contributed by atoms with van der Waals surface area (Å²) in [6.45, 7) is 4.72. The van der Waals surface area contributed by atoms with Crippen LogP contribution < -0.4 is 16.0 Å². The number of nitrogens with zero attached hydrogens (tertiary/aromatic N) is 3. The van der Waals surface area contributed by atoms with Gasteiger partial charge in [-0.25, -0.2) is 9.97 Å². The van der Waals surface area contributed by atoms with Gasteiger partial charge in [-0.05, 0) is 19.9 Å². The van der Waals surface area contributed by atoms with Gasteiger partial charge in [-0.1, -0.05) is 0 Å². The Balaban J connectivity index is 2.32. The van der Waals surface area contributed by atoms with Crippen LogP contribution in [0.15, 0.2) is 12.4 Å². The average molecular weight is 235 g/mol. The lowest BCUT2D eigenvalue weighted by Crippen LogP contribution is -2.39. The average Bonchev–Trinajstić information content (AvgIpc) is 2.84. The minimum atomic E-state index is -0.530. The highest BCUT2D eigenvalue weighted by molar-refractivity contribution is 5.95. The van der Waals surface area contributed by atoms with Crippen molar-refractivity contribution in [3.63, 3.8) is 0 Å². The lowest BCUT2D eigenvalue weighted by molar-refractivity contribution is 0.0995. The molecule has 0 radical (unpaired) electrons. The molecule has 6 nitrogen and oxygen atoms in total. The Bertz CT molecular complexity index is 403. The van der Waals surface area contributed by atoms with Crippen molar-refractivity contribution in [2.45, 2.75) is 19.4 Å². The van der Waals surface area contributed by atoms with Crippen LogP contribution in [-0.2, 0) is 0 Å². The van der Waals surface area contributed by atoms with Crippen LogP contribution in [0.5, 0.6) is 0 Å².